The lowest BCUT2D eigenvalue weighted by Gasteiger charge is -2.39. The Bertz CT molecular complexity index is 2230. The SMILES string of the molecule is CC12C=CC=CC1c1cc3c(cc1N2c1ccccc1)sc1c(-c2nc(-c4ccccc4)nc(-c4ccccc4)n2)cccc13. The van der Waals surface area contributed by atoms with Gasteiger partial charge in [0.05, 0.1) is 5.54 Å². The molecule has 2 unspecified atom stereocenters. The molecule has 0 saturated carbocycles. The van der Waals surface area contributed by atoms with Crippen molar-refractivity contribution in [1.82, 2.24) is 15.0 Å². The largest absolute Gasteiger partial charge is 0.331 e. The van der Waals surface area contributed by atoms with E-state index in [1.165, 1.54) is 37.1 Å². The fourth-order valence-corrected chi connectivity index (χ4v) is 8.23. The molecule has 2 aromatic heterocycles. The van der Waals surface area contributed by atoms with Crippen LogP contribution in [0.25, 0.3) is 54.3 Å². The predicted molar refractivity (Wildman–Crippen MR) is 187 cm³/mol. The number of anilines is 2. The van der Waals surface area contributed by atoms with Crippen molar-refractivity contribution in [2.75, 3.05) is 4.90 Å². The number of rotatable bonds is 4. The number of para-hydroxylation sites is 1. The maximum absolute atomic E-state index is 5.06. The highest BCUT2D eigenvalue weighted by Crippen LogP contribution is 2.56. The molecule has 9 rings (SSSR count). The Balaban J connectivity index is 1.26. The van der Waals surface area contributed by atoms with Crippen molar-refractivity contribution in [3.63, 3.8) is 0 Å². The summed E-state index contributed by atoms with van der Waals surface area (Å²) in [5, 5.41) is 2.50. The summed E-state index contributed by atoms with van der Waals surface area (Å²) in [6.07, 6.45) is 9.08. The van der Waals surface area contributed by atoms with E-state index in [4.69, 9.17) is 15.0 Å². The van der Waals surface area contributed by atoms with Crippen molar-refractivity contribution >= 4 is 42.9 Å². The second kappa shape index (κ2) is 10.1. The average molecular weight is 597 g/mol. The molecule has 2 aliphatic rings. The van der Waals surface area contributed by atoms with Gasteiger partial charge in [-0.15, -0.1) is 11.3 Å². The van der Waals surface area contributed by atoms with Gasteiger partial charge in [0.2, 0.25) is 0 Å². The second-order valence-corrected chi connectivity index (χ2v) is 12.9. The Morgan fingerprint density at radius 1 is 0.644 bits per heavy atom. The van der Waals surface area contributed by atoms with Gasteiger partial charge in [-0.2, -0.15) is 0 Å². The molecule has 45 heavy (non-hydrogen) atoms. The molecule has 4 nitrogen and oxygen atoms in total. The van der Waals surface area contributed by atoms with Crippen LogP contribution in [0.5, 0.6) is 0 Å². The van der Waals surface area contributed by atoms with Gasteiger partial charge in [0.25, 0.3) is 0 Å². The van der Waals surface area contributed by atoms with Crippen molar-refractivity contribution in [2.45, 2.75) is 18.4 Å². The highest BCUT2D eigenvalue weighted by atomic mass is 32.1. The van der Waals surface area contributed by atoms with Crippen LogP contribution in [0.15, 0.2) is 146 Å². The highest BCUT2D eigenvalue weighted by Gasteiger charge is 2.47. The van der Waals surface area contributed by atoms with Crippen LogP contribution in [0.4, 0.5) is 11.4 Å². The third kappa shape index (κ3) is 4.08. The van der Waals surface area contributed by atoms with E-state index >= 15 is 0 Å². The number of nitrogens with zero attached hydrogens (tertiary/aromatic N) is 4. The topological polar surface area (TPSA) is 41.9 Å². The average Bonchev–Trinajstić information content (AvgIpc) is 3.59. The molecule has 214 valence electrons. The van der Waals surface area contributed by atoms with Gasteiger partial charge in [0.15, 0.2) is 17.5 Å². The normalized spacial score (nSPS) is 18.4. The number of benzene rings is 5. The third-order valence-electron chi connectivity index (χ3n) is 9.14. The molecule has 0 fully saturated rings. The number of hydrogen-bond acceptors (Lipinski definition) is 5. The summed E-state index contributed by atoms with van der Waals surface area (Å²) in [6.45, 7) is 2.35. The lowest BCUT2D eigenvalue weighted by molar-refractivity contribution is 0.542. The molecule has 0 amide bonds. The molecule has 0 radical (unpaired) electrons. The standard InChI is InChI=1S/C40H28N4S/c1-40-23-12-11-22-33(40)32-24-31-29-20-13-21-30(36(29)45-35(31)25-34(32)44(40)28-18-9-4-10-19-28)39-42-37(26-14-5-2-6-15-26)41-38(43-39)27-16-7-3-8-17-27/h2-25,33H,1H3. The van der Waals surface area contributed by atoms with E-state index in [0.717, 1.165) is 16.7 Å². The summed E-state index contributed by atoms with van der Waals surface area (Å²) in [5.41, 5.74) is 6.62. The minimum Gasteiger partial charge on any atom is -0.331 e. The first-order valence-electron chi connectivity index (χ1n) is 15.3. The molecule has 2 atom stereocenters. The molecule has 0 spiro atoms. The number of thiophene rings is 1. The van der Waals surface area contributed by atoms with Crippen LogP contribution in [0.3, 0.4) is 0 Å². The third-order valence-corrected chi connectivity index (χ3v) is 10.3. The summed E-state index contributed by atoms with van der Waals surface area (Å²) >= 11 is 1.82. The molecule has 3 heterocycles. The maximum atomic E-state index is 5.06. The molecule has 5 aromatic carbocycles. The molecular formula is C40H28N4S. The number of fused-ring (bicyclic) bond motifs is 6. The molecule has 0 bridgehead atoms. The predicted octanol–water partition coefficient (Wildman–Crippen LogP) is 10.4. The van der Waals surface area contributed by atoms with Gasteiger partial charge in [-0.25, -0.2) is 15.0 Å². The lowest BCUT2D eigenvalue weighted by Crippen LogP contribution is -2.41. The van der Waals surface area contributed by atoms with E-state index in [9.17, 15) is 0 Å². The minimum absolute atomic E-state index is 0.171. The highest BCUT2D eigenvalue weighted by molar-refractivity contribution is 7.26. The van der Waals surface area contributed by atoms with Gasteiger partial charge in [-0.05, 0) is 42.8 Å². The van der Waals surface area contributed by atoms with E-state index in [0.29, 0.717) is 17.5 Å². The van der Waals surface area contributed by atoms with Gasteiger partial charge in [0, 0.05) is 54.2 Å². The molecule has 1 aliphatic carbocycles. The Kier molecular flexibility index (Phi) is 5.83. The fourth-order valence-electron chi connectivity index (χ4n) is 7.01. The summed E-state index contributed by atoms with van der Waals surface area (Å²) in [7, 11) is 0. The van der Waals surface area contributed by atoms with E-state index < -0.39 is 0 Å². The molecule has 5 heteroatoms. The van der Waals surface area contributed by atoms with Crippen LogP contribution in [0, 0.1) is 0 Å². The van der Waals surface area contributed by atoms with Crippen molar-refractivity contribution < 1.29 is 0 Å². The van der Waals surface area contributed by atoms with Gasteiger partial charge >= 0.3 is 0 Å². The van der Waals surface area contributed by atoms with Crippen LogP contribution in [-0.4, -0.2) is 20.5 Å². The van der Waals surface area contributed by atoms with E-state index in [1.54, 1.807) is 0 Å². The summed E-state index contributed by atoms with van der Waals surface area (Å²) in [5.74, 6) is 2.29. The van der Waals surface area contributed by atoms with Gasteiger partial charge in [-0.3, -0.25) is 0 Å². The molecular weight excluding hydrogens is 569 g/mol. The quantitative estimate of drug-likeness (QED) is 0.203. The zero-order valence-electron chi connectivity index (χ0n) is 24.6. The van der Waals surface area contributed by atoms with Crippen LogP contribution in [-0.2, 0) is 0 Å². The lowest BCUT2D eigenvalue weighted by atomic mass is 9.80. The summed E-state index contributed by atoms with van der Waals surface area (Å²) < 4.78 is 2.45. The zero-order chi connectivity index (χ0) is 30.0. The first-order valence-corrected chi connectivity index (χ1v) is 16.1. The monoisotopic (exact) mass is 596 g/mol. The first kappa shape index (κ1) is 26.1. The second-order valence-electron chi connectivity index (χ2n) is 11.8. The smallest absolute Gasteiger partial charge is 0.165 e. The Hall–Kier alpha value is -5.39. The Morgan fingerprint density at radius 3 is 1.98 bits per heavy atom. The number of aromatic nitrogens is 3. The molecule has 7 aromatic rings. The van der Waals surface area contributed by atoms with E-state index in [2.05, 4.69) is 121 Å². The van der Waals surface area contributed by atoms with Gasteiger partial charge < -0.3 is 4.90 Å². The molecule has 0 saturated heterocycles. The zero-order valence-corrected chi connectivity index (χ0v) is 25.4. The van der Waals surface area contributed by atoms with Crippen LogP contribution >= 0.6 is 11.3 Å². The van der Waals surface area contributed by atoms with Gasteiger partial charge in [-0.1, -0.05) is 115 Å². The van der Waals surface area contributed by atoms with Crippen LogP contribution < -0.4 is 4.90 Å². The number of hydrogen-bond donors (Lipinski definition) is 0. The number of allylic oxidation sites excluding steroid dienone is 2. The molecule has 0 N–H and O–H groups in total. The first-order chi connectivity index (χ1) is 22.2. The van der Waals surface area contributed by atoms with Crippen molar-refractivity contribution in [1.29, 1.82) is 0 Å². The molecule has 1 aliphatic heterocycles. The van der Waals surface area contributed by atoms with Crippen molar-refractivity contribution in [3.05, 3.63) is 151 Å². The van der Waals surface area contributed by atoms with Crippen molar-refractivity contribution in [3.8, 4) is 34.2 Å². The van der Waals surface area contributed by atoms with Gasteiger partial charge in [0.1, 0.15) is 0 Å². The maximum Gasteiger partial charge on any atom is 0.165 e. The van der Waals surface area contributed by atoms with Crippen molar-refractivity contribution in [2.24, 2.45) is 0 Å². The Morgan fingerprint density at radius 2 is 1.29 bits per heavy atom. The van der Waals surface area contributed by atoms with E-state index in [1.807, 2.05) is 47.7 Å². The van der Waals surface area contributed by atoms with Crippen LogP contribution in [0.2, 0.25) is 0 Å². The fraction of sp³-hybridized carbons (Fsp3) is 0.0750. The summed E-state index contributed by atoms with van der Waals surface area (Å²) in [4.78, 5) is 17.5. The minimum atomic E-state index is -0.171. The Labute approximate surface area is 265 Å². The summed E-state index contributed by atoms with van der Waals surface area (Å²) in [6, 6.07) is 42.4. The van der Waals surface area contributed by atoms with E-state index in [-0.39, 0.29) is 11.5 Å². The van der Waals surface area contributed by atoms with Crippen LogP contribution in [0.1, 0.15) is 18.4 Å².